The maximum absolute atomic E-state index is 14.6. The summed E-state index contributed by atoms with van der Waals surface area (Å²) in [6.45, 7) is 22.5. The molecule has 1 aliphatic heterocycles. The van der Waals surface area contributed by atoms with Crippen LogP contribution in [0.15, 0.2) is 95.1 Å². The van der Waals surface area contributed by atoms with E-state index in [0.29, 0.717) is 43.3 Å². The second kappa shape index (κ2) is 21.4. The van der Waals surface area contributed by atoms with E-state index in [9.17, 15) is 13.6 Å². The van der Waals surface area contributed by atoms with Crippen molar-refractivity contribution in [3.63, 3.8) is 0 Å². The Bertz CT molecular complexity index is 1530. The van der Waals surface area contributed by atoms with E-state index in [-0.39, 0.29) is 24.2 Å². The molecular weight excluding hydrogens is 644 g/mol. The number of aryl methyl sites for hydroxylation is 1. The van der Waals surface area contributed by atoms with E-state index < -0.39 is 12.0 Å². The van der Waals surface area contributed by atoms with Crippen molar-refractivity contribution in [3.8, 4) is 5.75 Å². The Labute approximate surface area is 306 Å². The highest BCUT2D eigenvalue weighted by atomic mass is 19.3. The Balaban J connectivity index is 0.000000893. The normalized spacial score (nSPS) is 16.8. The van der Waals surface area contributed by atoms with Crippen molar-refractivity contribution in [1.82, 2.24) is 9.80 Å². The molecule has 1 N–H and O–H groups in total. The second-order valence-electron chi connectivity index (χ2n) is 13.2. The van der Waals surface area contributed by atoms with E-state index >= 15 is 0 Å². The molecule has 2 atom stereocenters. The zero-order valence-electron chi connectivity index (χ0n) is 32.4. The maximum Gasteiger partial charge on any atom is 0.326 e. The van der Waals surface area contributed by atoms with Gasteiger partial charge in [0.15, 0.2) is 0 Å². The number of allylic oxidation sites excluding steroid dienone is 6. The molecule has 2 aliphatic rings. The number of halogens is 2. The van der Waals surface area contributed by atoms with Gasteiger partial charge in [0, 0.05) is 32.2 Å². The minimum absolute atomic E-state index is 0.140. The van der Waals surface area contributed by atoms with E-state index in [2.05, 4.69) is 82.8 Å². The van der Waals surface area contributed by atoms with Gasteiger partial charge in [-0.25, -0.2) is 13.6 Å². The molecule has 0 fully saturated rings. The second-order valence-corrected chi connectivity index (χ2v) is 13.2. The smallest absolute Gasteiger partial charge is 0.326 e. The third kappa shape index (κ3) is 12.6. The fourth-order valence-electron chi connectivity index (χ4n) is 5.55. The lowest BCUT2D eigenvalue weighted by molar-refractivity contribution is 0.0172. The van der Waals surface area contributed by atoms with Crippen molar-refractivity contribution in [2.24, 2.45) is 4.99 Å². The largest absolute Gasteiger partial charge is 0.493 e. The fourth-order valence-corrected chi connectivity index (χ4v) is 5.55. The van der Waals surface area contributed by atoms with Crippen molar-refractivity contribution < 1.29 is 23.4 Å². The number of amides is 2. The molecule has 2 amide bonds. The number of alkyl halides is 2. The Morgan fingerprint density at radius 3 is 2.14 bits per heavy atom. The molecule has 2 aromatic carbocycles. The number of aliphatic hydroxyl groups excluding tert-OH is 1. The van der Waals surface area contributed by atoms with Gasteiger partial charge in [-0.2, -0.15) is 0 Å². The first-order valence-electron chi connectivity index (χ1n) is 18.4. The predicted octanol–water partition coefficient (Wildman–Crippen LogP) is 11.1. The van der Waals surface area contributed by atoms with Crippen molar-refractivity contribution in [1.29, 1.82) is 0 Å². The molecule has 0 saturated heterocycles. The van der Waals surface area contributed by atoms with Crippen LogP contribution in [0.3, 0.4) is 0 Å². The van der Waals surface area contributed by atoms with E-state index in [4.69, 9.17) is 14.8 Å². The Kier molecular flexibility index (Phi) is 18.1. The summed E-state index contributed by atoms with van der Waals surface area (Å²) in [5.74, 6) is -2.30. The molecule has 2 aromatic rings. The number of nitrogens with zero attached hydrogens (tertiary/aromatic N) is 3. The zero-order valence-corrected chi connectivity index (χ0v) is 32.4. The van der Waals surface area contributed by atoms with Crippen molar-refractivity contribution in [2.75, 3.05) is 26.3 Å². The van der Waals surface area contributed by atoms with Gasteiger partial charge in [0.25, 0.3) is 5.92 Å². The summed E-state index contributed by atoms with van der Waals surface area (Å²) in [5, 5.41) is 7.88. The summed E-state index contributed by atoms with van der Waals surface area (Å²) in [5.41, 5.74) is 5.94. The first-order chi connectivity index (χ1) is 24.3. The van der Waals surface area contributed by atoms with Crippen LogP contribution in [0.25, 0.3) is 0 Å². The third-order valence-electron chi connectivity index (χ3n) is 8.48. The molecule has 1 heterocycles. The van der Waals surface area contributed by atoms with Crippen LogP contribution in [0.1, 0.15) is 116 Å². The highest BCUT2D eigenvalue weighted by Gasteiger charge is 2.45. The minimum atomic E-state index is -3.04. The molecule has 6 nitrogen and oxygen atoms in total. The quantitative estimate of drug-likeness (QED) is 0.224. The van der Waals surface area contributed by atoms with Crippen LogP contribution in [-0.2, 0) is 5.92 Å². The highest BCUT2D eigenvalue weighted by molar-refractivity contribution is 6.11. The highest BCUT2D eigenvalue weighted by Crippen LogP contribution is 2.42. The topological polar surface area (TPSA) is 65.4 Å². The molecule has 0 spiro atoms. The van der Waals surface area contributed by atoms with Crippen molar-refractivity contribution in [3.05, 3.63) is 112 Å². The van der Waals surface area contributed by atoms with Gasteiger partial charge in [-0.15, -0.1) is 6.58 Å². The monoisotopic (exact) mass is 705 g/mol. The molecule has 4 rings (SSSR count). The molecule has 8 heteroatoms. The van der Waals surface area contributed by atoms with E-state index in [1.54, 1.807) is 11.0 Å². The molecule has 0 saturated carbocycles. The van der Waals surface area contributed by atoms with E-state index in [1.165, 1.54) is 17.7 Å². The summed E-state index contributed by atoms with van der Waals surface area (Å²) in [6, 6.07) is 11.7. The van der Waals surface area contributed by atoms with Gasteiger partial charge >= 0.3 is 6.03 Å². The molecule has 2 unspecified atom stereocenters. The van der Waals surface area contributed by atoms with Gasteiger partial charge < -0.3 is 14.7 Å². The van der Waals surface area contributed by atoms with Gasteiger partial charge in [-0.1, -0.05) is 99.0 Å². The number of aliphatic hydroxyl groups is 1. The molecule has 0 radical (unpaired) electrons. The van der Waals surface area contributed by atoms with Gasteiger partial charge in [-0.3, -0.25) is 9.89 Å². The third-order valence-corrected chi connectivity index (χ3v) is 8.48. The molecule has 280 valence electrons. The van der Waals surface area contributed by atoms with Crippen LogP contribution >= 0.6 is 0 Å². The lowest BCUT2D eigenvalue weighted by Crippen LogP contribution is -2.50. The number of ether oxygens (including phenoxy) is 1. The number of hydrogen-bond acceptors (Lipinski definition) is 4. The number of amidine groups is 1. The minimum Gasteiger partial charge on any atom is -0.493 e. The Morgan fingerprint density at radius 2 is 1.63 bits per heavy atom. The van der Waals surface area contributed by atoms with Gasteiger partial charge in [0.05, 0.1) is 18.2 Å². The van der Waals surface area contributed by atoms with Gasteiger partial charge in [0.2, 0.25) is 0 Å². The summed E-state index contributed by atoms with van der Waals surface area (Å²) in [7, 11) is 0. The molecule has 0 aromatic heterocycles. The average molecular weight is 706 g/mol. The lowest BCUT2D eigenvalue weighted by atomic mass is 9.91. The first kappa shape index (κ1) is 43.1. The van der Waals surface area contributed by atoms with Crippen LogP contribution in [0.5, 0.6) is 5.75 Å². The Hall–Kier alpha value is -4.04. The van der Waals surface area contributed by atoms with E-state index in [0.717, 1.165) is 54.9 Å². The summed E-state index contributed by atoms with van der Waals surface area (Å²) in [6.07, 6.45) is 12.7. The molecule has 0 bridgehead atoms. The van der Waals surface area contributed by atoms with Crippen LogP contribution in [0.4, 0.5) is 13.6 Å². The molecule has 1 aliphatic carbocycles. The first-order valence-corrected chi connectivity index (χ1v) is 18.4. The number of hydrogen-bond donors (Lipinski definition) is 1. The number of benzene rings is 2. The van der Waals surface area contributed by atoms with Gasteiger partial charge in [0.1, 0.15) is 17.6 Å². The van der Waals surface area contributed by atoms with Crippen LogP contribution in [0.2, 0.25) is 0 Å². The molecular formula is C43H61F2N3O3. The predicted molar refractivity (Wildman–Crippen MR) is 209 cm³/mol. The van der Waals surface area contributed by atoms with Crippen LogP contribution < -0.4 is 4.74 Å². The Morgan fingerprint density at radius 1 is 1.02 bits per heavy atom. The zero-order chi connectivity index (χ0) is 38.1. The molecule has 51 heavy (non-hydrogen) atoms. The summed E-state index contributed by atoms with van der Waals surface area (Å²) in [4.78, 5) is 23.5. The average Bonchev–Trinajstić information content (AvgIpc) is 3.36. The fraction of sp³-hybridized carbons (Fsp3) is 0.488. The van der Waals surface area contributed by atoms with Crippen molar-refractivity contribution in [2.45, 2.75) is 112 Å². The number of rotatable bonds is 12. The number of carbonyl (C=O) groups is 1. The van der Waals surface area contributed by atoms with Gasteiger partial charge in [-0.05, 0) is 83.1 Å². The van der Waals surface area contributed by atoms with Crippen molar-refractivity contribution >= 4 is 11.9 Å². The SMILES string of the molecule is C=C(C)CC.CCCN(CCC)C(=O)N1C(c2ccc(C(C)(F)F)cc2OCC)=NC(c2ccc(C)cc2)C1C1=CC=C(C)C=CC1.CCCO. The maximum atomic E-state index is 14.6. The number of carbonyl (C=O) groups excluding carboxylic acids is 1. The van der Waals surface area contributed by atoms with E-state index in [1.807, 2.05) is 32.6 Å². The van der Waals surface area contributed by atoms with Crippen LogP contribution in [-0.4, -0.2) is 59.1 Å². The summed E-state index contributed by atoms with van der Waals surface area (Å²) >= 11 is 0. The summed E-state index contributed by atoms with van der Waals surface area (Å²) < 4.78 is 34.7. The lowest BCUT2D eigenvalue weighted by Gasteiger charge is -2.35. The number of aliphatic imine (C=N–C) groups is 1. The van der Waals surface area contributed by atoms with Crippen LogP contribution in [0, 0.1) is 6.92 Å². The number of urea groups is 1. The standard InChI is InChI=1S/C35H43F2N3O2.C5H10.C3H8O/c1-7-21-39(22-8-2)34(41)40-32(27-12-10-11-24(4)15-18-27)31(26-16-13-25(5)14-17-26)38-33(40)29-20-19-28(35(6,36)37)23-30(29)42-9-3;1-4-5(2)3;1-2-3-4/h10-11,13-20,23,31-32H,7-9,12,21-22H2,1-6H3;2,4H2,1,3H3;4H,2-3H2,1H3.